The molecule has 342 valence electrons. The number of fused-ring (bicyclic) bond motifs is 3. The van der Waals surface area contributed by atoms with E-state index in [1.54, 1.807) is 31.5 Å². The number of anilines is 1. The molecule has 1 heterocycles. The molecule has 1 aliphatic heterocycles. The van der Waals surface area contributed by atoms with Gasteiger partial charge in [-0.15, -0.1) is 0 Å². The van der Waals surface area contributed by atoms with Gasteiger partial charge in [0.05, 0.1) is 43.4 Å². The second-order valence-electron chi connectivity index (χ2n) is 19.5. The van der Waals surface area contributed by atoms with Gasteiger partial charge in [0.25, 0.3) is 0 Å². The van der Waals surface area contributed by atoms with E-state index in [1.165, 1.54) is 11.1 Å². The van der Waals surface area contributed by atoms with Crippen LogP contribution in [-0.2, 0) is 39.7 Å². The Morgan fingerprint density at radius 1 is 0.953 bits per heavy atom. The van der Waals surface area contributed by atoms with Crippen LogP contribution in [0.3, 0.4) is 0 Å². The summed E-state index contributed by atoms with van der Waals surface area (Å²) in [5, 5.41) is 12.0. The first-order chi connectivity index (χ1) is 30.5. The van der Waals surface area contributed by atoms with E-state index in [0.717, 1.165) is 65.3 Å². The van der Waals surface area contributed by atoms with Crippen molar-refractivity contribution in [2.45, 2.75) is 108 Å². The van der Waals surface area contributed by atoms with Gasteiger partial charge < -0.3 is 29.0 Å². The van der Waals surface area contributed by atoms with E-state index in [4.69, 9.17) is 30.5 Å². The zero-order valence-corrected chi connectivity index (χ0v) is 39.6. The summed E-state index contributed by atoms with van der Waals surface area (Å²) < 4.78 is 53.4. The Labute approximate surface area is 384 Å². The third-order valence-corrected chi connectivity index (χ3v) is 16.3. The molecule has 0 amide bonds. The molecule has 3 aliphatic carbocycles. The molecule has 4 aromatic carbocycles. The second kappa shape index (κ2) is 18.7. The quantitative estimate of drug-likeness (QED) is 0.0920. The third-order valence-electron chi connectivity index (χ3n) is 13.9. The minimum absolute atomic E-state index is 0.0532. The van der Waals surface area contributed by atoms with Gasteiger partial charge in [0.1, 0.15) is 22.8 Å². The van der Waals surface area contributed by atoms with E-state index in [9.17, 15) is 18.3 Å². The highest BCUT2D eigenvalue weighted by Gasteiger charge is 2.46. The summed E-state index contributed by atoms with van der Waals surface area (Å²) in [6.45, 7) is 9.79. The van der Waals surface area contributed by atoms with Crippen LogP contribution in [0, 0.1) is 17.8 Å². The number of methoxy groups -OCH3 is 2. The Hall–Kier alpha value is -4.55. The van der Waals surface area contributed by atoms with Gasteiger partial charge in [0, 0.05) is 36.6 Å². The van der Waals surface area contributed by atoms with E-state index in [1.807, 2.05) is 87.5 Å². The number of nitrogens with zero attached hydrogens (tertiary/aromatic N) is 2. The number of aliphatic hydroxyl groups is 1. The number of rotatable bonds is 15. The normalized spacial score (nSPS) is 22.7. The lowest BCUT2D eigenvalue weighted by Gasteiger charge is -2.47. The molecule has 0 bridgehead atoms. The van der Waals surface area contributed by atoms with Gasteiger partial charge in [-0.1, -0.05) is 48.0 Å². The molecule has 4 aromatic rings. The molecule has 6 atom stereocenters. The fourth-order valence-electron chi connectivity index (χ4n) is 10.2. The van der Waals surface area contributed by atoms with Crippen molar-refractivity contribution in [3.8, 4) is 17.2 Å². The molecule has 12 heteroatoms. The molecule has 4 aliphatic rings. The first-order valence-corrected chi connectivity index (χ1v) is 24.6. The summed E-state index contributed by atoms with van der Waals surface area (Å²) in [6.07, 6.45) is 7.48. The number of sulfonamides is 1. The summed E-state index contributed by atoms with van der Waals surface area (Å²) in [6, 6.07) is 26.9. The van der Waals surface area contributed by atoms with Crippen LogP contribution >= 0.6 is 11.6 Å². The topological polar surface area (TPSA) is 115 Å². The van der Waals surface area contributed by atoms with Gasteiger partial charge in [0.15, 0.2) is 0 Å². The Morgan fingerprint density at radius 2 is 1.61 bits per heavy atom. The fraction of sp³-hybridized carbons (Fsp3) is 0.481. The van der Waals surface area contributed by atoms with Crippen molar-refractivity contribution in [3.63, 3.8) is 0 Å². The minimum atomic E-state index is -3.72. The zero-order valence-electron chi connectivity index (χ0n) is 38.0. The van der Waals surface area contributed by atoms with Crippen LogP contribution in [0.1, 0.15) is 98.8 Å². The molecular formula is C52H63ClN2O8S. The maximum Gasteiger partial charge on any atom is 0.338 e. The predicted molar refractivity (Wildman–Crippen MR) is 252 cm³/mol. The standard InChI is InChI=1S/C52H63ClN2O8S/c1-34(64(58,59)55(29-35-9-16-43(60-5)17-10-35)30-36-11-18-44(61-6)19-12-36)24-37-25-41(26-37)49(56)45-20-13-40(45)31-54-32-52(23-7-8-38-27-42(53)15-21-46(38)52)33-62-48-22-14-39(28-47(48)54)50(57)63-51(2,3)4/h9-12,14-19,21-22,25,27-28,34,37,40,45,49,56H,7-8,13,20,23-24,26,29-33H2,1-6H3/t34-,37-,40-,45+,49-,52-/m0/s1. The summed E-state index contributed by atoms with van der Waals surface area (Å²) in [4.78, 5) is 15.8. The van der Waals surface area contributed by atoms with E-state index in [0.29, 0.717) is 49.6 Å². The van der Waals surface area contributed by atoms with Crippen LogP contribution in [0.25, 0.3) is 0 Å². The SMILES string of the molecule is COc1ccc(CN(Cc2ccc(OC)cc2)S(=O)(=O)[C@@H](C)C[C@H]2C=C([C@H](O)[C@@H]3CC[C@H]3CN3C[C@@]4(CCCc5cc(Cl)ccc54)COc4ccc(C(=O)OC(C)(C)C)cc43)C2)cc1. The van der Waals surface area contributed by atoms with E-state index >= 15 is 0 Å². The van der Waals surface area contributed by atoms with Gasteiger partial charge >= 0.3 is 5.97 Å². The zero-order chi connectivity index (χ0) is 45.4. The molecule has 0 aromatic heterocycles. The van der Waals surface area contributed by atoms with Crippen LogP contribution in [0.2, 0.25) is 5.02 Å². The van der Waals surface area contributed by atoms with Crippen LogP contribution < -0.4 is 19.1 Å². The van der Waals surface area contributed by atoms with Crippen LogP contribution in [0.5, 0.6) is 17.2 Å². The lowest BCUT2D eigenvalue weighted by molar-refractivity contribution is 0.00694. The van der Waals surface area contributed by atoms with Gasteiger partial charge in [-0.2, -0.15) is 4.31 Å². The van der Waals surface area contributed by atoms with E-state index in [2.05, 4.69) is 23.1 Å². The first kappa shape index (κ1) is 46.0. The van der Waals surface area contributed by atoms with Crippen molar-refractivity contribution in [3.05, 3.63) is 129 Å². The molecule has 1 saturated carbocycles. The average molecular weight is 912 g/mol. The van der Waals surface area contributed by atoms with Gasteiger partial charge in [-0.05, 0) is 173 Å². The first-order valence-electron chi connectivity index (χ1n) is 22.7. The van der Waals surface area contributed by atoms with E-state index < -0.39 is 27.0 Å². The number of ether oxygens (including phenoxy) is 4. The number of carbonyl (C=O) groups is 1. The summed E-state index contributed by atoms with van der Waals surface area (Å²) in [5.41, 5.74) is 5.71. The largest absolute Gasteiger partial charge is 0.497 e. The van der Waals surface area contributed by atoms with Crippen molar-refractivity contribution < 1.29 is 37.3 Å². The number of halogens is 1. The highest BCUT2D eigenvalue weighted by molar-refractivity contribution is 7.89. The Balaban J connectivity index is 0.976. The maximum atomic E-state index is 14.4. The van der Waals surface area contributed by atoms with Crippen molar-refractivity contribution in [1.82, 2.24) is 4.31 Å². The number of hydrogen-bond donors (Lipinski definition) is 1. The summed E-state index contributed by atoms with van der Waals surface area (Å²) >= 11 is 6.50. The van der Waals surface area contributed by atoms with Crippen LogP contribution in [0.15, 0.2) is 96.6 Å². The molecule has 10 nitrogen and oxygen atoms in total. The Morgan fingerprint density at radius 3 is 2.20 bits per heavy atom. The number of benzene rings is 4. The van der Waals surface area contributed by atoms with Crippen molar-refractivity contribution >= 4 is 33.3 Å². The smallest absolute Gasteiger partial charge is 0.338 e. The Kier molecular flexibility index (Phi) is 13.5. The lowest BCUT2D eigenvalue weighted by atomic mass is 9.65. The highest BCUT2D eigenvalue weighted by atomic mass is 35.5. The number of esters is 1. The fourth-order valence-corrected chi connectivity index (χ4v) is 12.1. The van der Waals surface area contributed by atoms with Crippen molar-refractivity contribution in [2.24, 2.45) is 17.8 Å². The maximum absolute atomic E-state index is 14.4. The number of hydrogen-bond acceptors (Lipinski definition) is 9. The molecule has 8 rings (SSSR count). The van der Waals surface area contributed by atoms with Crippen LogP contribution in [-0.4, -0.2) is 74.7 Å². The molecule has 64 heavy (non-hydrogen) atoms. The molecule has 1 N–H and O–H groups in total. The average Bonchev–Trinajstić information content (AvgIpc) is 3.39. The number of aryl methyl sites for hydroxylation is 1. The van der Waals surface area contributed by atoms with Crippen LogP contribution in [0.4, 0.5) is 5.69 Å². The molecular weight excluding hydrogens is 848 g/mol. The summed E-state index contributed by atoms with van der Waals surface area (Å²) in [7, 11) is -0.501. The number of allylic oxidation sites excluding steroid dienone is 1. The van der Waals surface area contributed by atoms with E-state index in [-0.39, 0.29) is 42.2 Å². The van der Waals surface area contributed by atoms with Gasteiger partial charge in [-0.25, -0.2) is 13.2 Å². The Bertz CT molecular complexity index is 2400. The monoisotopic (exact) mass is 910 g/mol. The third kappa shape index (κ3) is 9.98. The number of aliphatic hydroxyl groups excluding tert-OH is 1. The van der Waals surface area contributed by atoms with Gasteiger partial charge in [0.2, 0.25) is 10.0 Å². The van der Waals surface area contributed by atoms with Crippen molar-refractivity contribution in [2.75, 3.05) is 38.8 Å². The number of carbonyl (C=O) groups excluding carboxylic acids is 1. The molecule has 1 spiro atoms. The molecule has 0 radical (unpaired) electrons. The summed E-state index contributed by atoms with van der Waals surface area (Å²) in [5.74, 6) is 2.11. The second-order valence-corrected chi connectivity index (χ2v) is 22.3. The van der Waals surface area contributed by atoms with Gasteiger partial charge in [-0.3, -0.25) is 0 Å². The minimum Gasteiger partial charge on any atom is -0.497 e. The predicted octanol–water partition coefficient (Wildman–Crippen LogP) is 9.93. The molecule has 0 unspecified atom stereocenters. The highest BCUT2D eigenvalue weighted by Crippen LogP contribution is 2.48. The molecule has 1 fully saturated rings. The lowest BCUT2D eigenvalue weighted by Crippen LogP contribution is -2.50. The van der Waals surface area contributed by atoms with Crippen molar-refractivity contribution in [1.29, 1.82) is 0 Å². The molecule has 0 saturated heterocycles.